The number of fused-ring (bicyclic) bond motifs is 1. The molecule has 1 saturated carbocycles. The summed E-state index contributed by atoms with van der Waals surface area (Å²) >= 11 is 0. The zero-order valence-corrected chi connectivity index (χ0v) is 5.43. The number of hydrogen-bond donors (Lipinski definition) is 0. The van der Waals surface area contributed by atoms with Gasteiger partial charge in [-0.3, -0.25) is 0 Å². The van der Waals surface area contributed by atoms with Gasteiger partial charge in [-0.2, -0.15) is 8.42 Å². The molecule has 2 rings (SSSR count). The lowest BCUT2D eigenvalue weighted by atomic mass is 9.93. The Morgan fingerprint density at radius 2 is 1.56 bits per heavy atom. The standard InChI is InChI=1S/C4H6O4S/c5-9(6)7-3-1-2-4(3)8-9/h3-4H,1-2H2/t3-,4?/m0/s1. The van der Waals surface area contributed by atoms with E-state index in [0.29, 0.717) is 0 Å². The lowest BCUT2D eigenvalue weighted by Gasteiger charge is -2.22. The van der Waals surface area contributed by atoms with E-state index in [1.54, 1.807) is 0 Å². The molecular weight excluding hydrogens is 144 g/mol. The first-order valence-corrected chi connectivity index (χ1v) is 4.12. The van der Waals surface area contributed by atoms with Crippen LogP contribution in [-0.2, 0) is 18.8 Å². The van der Waals surface area contributed by atoms with Crippen molar-refractivity contribution >= 4 is 10.4 Å². The van der Waals surface area contributed by atoms with Gasteiger partial charge in [-0.1, -0.05) is 0 Å². The van der Waals surface area contributed by atoms with Gasteiger partial charge in [-0.25, -0.2) is 8.37 Å². The highest BCUT2D eigenvalue weighted by atomic mass is 32.3. The van der Waals surface area contributed by atoms with Crippen molar-refractivity contribution in [3.05, 3.63) is 0 Å². The second kappa shape index (κ2) is 1.47. The summed E-state index contributed by atoms with van der Waals surface area (Å²) in [5.41, 5.74) is 0. The zero-order chi connectivity index (χ0) is 6.48. The Labute approximate surface area is 53.1 Å². The third-order valence-corrected chi connectivity index (χ3v) is 2.60. The Kier molecular flexibility index (Phi) is 0.924. The highest BCUT2D eigenvalue weighted by molar-refractivity contribution is 7.82. The van der Waals surface area contributed by atoms with Crippen LogP contribution >= 0.6 is 0 Å². The molecular formula is C4H6O4S. The predicted octanol–water partition coefficient (Wildman–Crippen LogP) is -0.191. The summed E-state index contributed by atoms with van der Waals surface area (Å²) in [5.74, 6) is 0. The molecule has 0 N–H and O–H groups in total. The second-order valence-corrected chi connectivity index (χ2v) is 3.46. The molecule has 52 valence electrons. The summed E-state index contributed by atoms with van der Waals surface area (Å²) in [6.07, 6.45) is 1.28. The van der Waals surface area contributed by atoms with E-state index in [1.165, 1.54) is 0 Å². The number of hydrogen-bond acceptors (Lipinski definition) is 4. The molecule has 1 saturated heterocycles. The molecule has 0 bridgehead atoms. The van der Waals surface area contributed by atoms with Crippen LogP contribution in [0.4, 0.5) is 0 Å². The van der Waals surface area contributed by atoms with Crippen LogP contribution in [0.2, 0.25) is 0 Å². The van der Waals surface area contributed by atoms with Gasteiger partial charge in [0, 0.05) is 0 Å². The molecule has 0 amide bonds. The van der Waals surface area contributed by atoms with Gasteiger partial charge in [0.25, 0.3) is 0 Å². The molecule has 9 heavy (non-hydrogen) atoms. The van der Waals surface area contributed by atoms with Crippen molar-refractivity contribution in [3.8, 4) is 0 Å². The summed E-state index contributed by atoms with van der Waals surface area (Å²) < 4.78 is 29.9. The minimum atomic E-state index is -3.58. The first kappa shape index (κ1) is 5.64. The SMILES string of the molecule is O=S1(=O)OC2CC[C@@H]2O1. The molecule has 2 atom stereocenters. The molecule has 0 spiro atoms. The highest BCUT2D eigenvalue weighted by Gasteiger charge is 2.46. The van der Waals surface area contributed by atoms with Crippen molar-refractivity contribution in [3.63, 3.8) is 0 Å². The Bertz CT molecular complexity index is 201. The fourth-order valence-electron chi connectivity index (χ4n) is 0.984. The molecule has 4 nitrogen and oxygen atoms in total. The Balaban J connectivity index is 2.25. The lowest BCUT2D eigenvalue weighted by molar-refractivity contribution is 0.0620. The van der Waals surface area contributed by atoms with Crippen molar-refractivity contribution in [1.29, 1.82) is 0 Å². The van der Waals surface area contributed by atoms with Crippen molar-refractivity contribution in [2.24, 2.45) is 0 Å². The number of rotatable bonds is 0. The molecule has 1 aliphatic carbocycles. The molecule has 5 heteroatoms. The van der Waals surface area contributed by atoms with Gasteiger partial charge in [0.2, 0.25) is 0 Å². The van der Waals surface area contributed by atoms with E-state index in [4.69, 9.17) is 0 Å². The van der Waals surface area contributed by atoms with E-state index in [1.807, 2.05) is 0 Å². The van der Waals surface area contributed by atoms with Crippen LogP contribution in [-0.4, -0.2) is 20.6 Å². The average molecular weight is 150 g/mol. The summed E-state index contributed by atoms with van der Waals surface area (Å²) in [6.45, 7) is 0. The fourth-order valence-corrected chi connectivity index (χ4v) is 2.08. The zero-order valence-electron chi connectivity index (χ0n) is 4.61. The minimum absolute atomic E-state index is 0.171. The Morgan fingerprint density at radius 3 is 1.78 bits per heavy atom. The molecule has 0 aromatic rings. The van der Waals surface area contributed by atoms with Crippen LogP contribution in [0.25, 0.3) is 0 Å². The van der Waals surface area contributed by atoms with Gasteiger partial charge < -0.3 is 0 Å². The molecule has 1 aliphatic heterocycles. The summed E-state index contributed by atoms with van der Waals surface area (Å²) in [6, 6.07) is 0. The second-order valence-electron chi connectivity index (χ2n) is 2.25. The predicted molar refractivity (Wildman–Crippen MR) is 27.9 cm³/mol. The smallest absolute Gasteiger partial charge is 0.242 e. The first-order valence-electron chi connectivity index (χ1n) is 2.79. The van der Waals surface area contributed by atoms with Crippen LogP contribution in [0.15, 0.2) is 0 Å². The van der Waals surface area contributed by atoms with Gasteiger partial charge in [0.1, 0.15) is 12.2 Å². The van der Waals surface area contributed by atoms with Gasteiger partial charge in [-0.05, 0) is 12.8 Å². The molecule has 1 unspecified atom stereocenters. The third-order valence-electron chi connectivity index (χ3n) is 1.63. The third kappa shape index (κ3) is 0.762. The van der Waals surface area contributed by atoms with Crippen LogP contribution in [0.5, 0.6) is 0 Å². The summed E-state index contributed by atoms with van der Waals surface area (Å²) in [5, 5.41) is 0. The molecule has 0 aromatic heterocycles. The monoisotopic (exact) mass is 150 g/mol. The van der Waals surface area contributed by atoms with Gasteiger partial charge >= 0.3 is 10.4 Å². The lowest BCUT2D eigenvalue weighted by Crippen LogP contribution is -2.33. The average Bonchev–Trinajstić information content (AvgIpc) is 1.90. The highest BCUT2D eigenvalue weighted by Crippen LogP contribution is 2.35. The molecule has 1 heterocycles. The maximum Gasteiger partial charge on any atom is 0.400 e. The molecule has 0 aromatic carbocycles. The van der Waals surface area contributed by atoms with E-state index in [-0.39, 0.29) is 12.2 Å². The van der Waals surface area contributed by atoms with Crippen LogP contribution in [0.1, 0.15) is 12.8 Å². The maximum atomic E-state index is 10.4. The van der Waals surface area contributed by atoms with Gasteiger partial charge in [-0.15, -0.1) is 0 Å². The Hall–Kier alpha value is -0.130. The van der Waals surface area contributed by atoms with E-state index >= 15 is 0 Å². The summed E-state index contributed by atoms with van der Waals surface area (Å²) in [7, 11) is -3.58. The normalized spacial score (nSPS) is 45.8. The van der Waals surface area contributed by atoms with E-state index < -0.39 is 10.4 Å². The van der Waals surface area contributed by atoms with Gasteiger partial charge in [0.05, 0.1) is 0 Å². The quantitative estimate of drug-likeness (QED) is 0.480. The van der Waals surface area contributed by atoms with E-state index in [2.05, 4.69) is 8.37 Å². The van der Waals surface area contributed by atoms with Crippen molar-refractivity contribution in [1.82, 2.24) is 0 Å². The summed E-state index contributed by atoms with van der Waals surface area (Å²) in [4.78, 5) is 0. The van der Waals surface area contributed by atoms with Crippen molar-refractivity contribution < 1.29 is 16.8 Å². The van der Waals surface area contributed by atoms with Crippen molar-refractivity contribution in [2.45, 2.75) is 25.0 Å². The fraction of sp³-hybridized carbons (Fsp3) is 1.00. The van der Waals surface area contributed by atoms with Gasteiger partial charge in [0.15, 0.2) is 0 Å². The van der Waals surface area contributed by atoms with Crippen LogP contribution in [0, 0.1) is 0 Å². The largest absolute Gasteiger partial charge is 0.400 e. The van der Waals surface area contributed by atoms with E-state index in [0.717, 1.165) is 12.8 Å². The molecule has 2 fully saturated rings. The van der Waals surface area contributed by atoms with Crippen LogP contribution < -0.4 is 0 Å². The maximum absolute atomic E-state index is 10.4. The van der Waals surface area contributed by atoms with Crippen molar-refractivity contribution in [2.75, 3.05) is 0 Å². The van der Waals surface area contributed by atoms with Crippen LogP contribution in [0.3, 0.4) is 0 Å². The molecule has 2 aliphatic rings. The molecule has 0 radical (unpaired) electrons. The minimum Gasteiger partial charge on any atom is -0.242 e. The topological polar surface area (TPSA) is 52.6 Å². The van der Waals surface area contributed by atoms with E-state index in [9.17, 15) is 8.42 Å². The Morgan fingerprint density at radius 1 is 1.11 bits per heavy atom. The first-order chi connectivity index (χ1) is 4.17.